The molecule has 3 atom stereocenters. The zero-order valence-corrected chi connectivity index (χ0v) is 12.7. The Bertz CT molecular complexity index is 658. The Balaban J connectivity index is 2.17. The van der Waals surface area contributed by atoms with E-state index < -0.39 is 53.4 Å². The number of halogens is 1. The van der Waals surface area contributed by atoms with Gasteiger partial charge in [0.1, 0.15) is 5.82 Å². The second-order valence-corrected chi connectivity index (χ2v) is 6.33. The van der Waals surface area contributed by atoms with Crippen molar-refractivity contribution in [1.82, 2.24) is 5.32 Å². The standard InChI is InChI=1S/C16H18FNO5/c1-16(2)12(13(16)15(22)23)14(21)18-10(7-11(19)20)8-4-3-5-9(17)6-8/h3-6,10,12-13H,7H2,1-2H3,(H,18,21)(H,19,20)(H,22,23)/t10-,12+,13-/m0/s1. The highest BCUT2D eigenvalue weighted by atomic mass is 19.1. The second-order valence-electron chi connectivity index (χ2n) is 6.33. The van der Waals surface area contributed by atoms with E-state index in [1.807, 2.05) is 0 Å². The second kappa shape index (κ2) is 5.98. The zero-order valence-electron chi connectivity index (χ0n) is 12.7. The smallest absolute Gasteiger partial charge is 0.307 e. The van der Waals surface area contributed by atoms with Crippen molar-refractivity contribution in [1.29, 1.82) is 0 Å². The average molecular weight is 323 g/mol. The van der Waals surface area contributed by atoms with E-state index in [9.17, 15) is 18.8 Å². The number of rotatable bonds is 6. The van der Waals surface area contributed by atoms with E-state index in [0.29, 0.717) is 5.56 Å². The molecule has 0 bridgehead atoms. The summed E-state index contributed by atoms with van der Waals surface area (Å²) >= 11 is 0. The first-order valence-electron chi connectivity index (χ1n) is 7.15. The summed E-state index contributed by atoms with van der Waals surface area (Å²) in [6.07, 6.45) is -0.417. The van der Waals surface area contributed by atoms with Gasteiger partial charge in [0.2, 0.25) is 5.91 Å². The van der Waals surface area contributed by atoms with Crippen molar-refractivity contribution in [3.8, 4) is 0 Å². The third kappa shape index (κ3) is 3.49. The van der Waals surface area contributed by atoms with Gasteiger partial charge in [-0.1, -0.05) is 26.0 Å². The molecule has 124 valence electrons. The first-order valence-corrected chi connectivity index (χ1v) is 7.15. The summed E-state index contributed by atoms with van der Waals surface area (Å²) in [6.45, 7) is 3.34. The molecule has 0 aromatic heterocycles. The topological polar surface area (TPSA) is 104 Å². The zero-order chi connectivity index (χ0) is 17.4. The van der Waals surface area contributed by atoms with Gasteiger partial charge in [-0.15, -0.1) is 0 Å². The molecular formula is C16H18FNO5. The number of carboxylic acid groups (broad SMARTS) is 2. The van der Waals surface area contributed by atoms with Gasteiger partial charge in [-0.3, -0.25) is 14.4 Å². The van der Waals surface area contributed by atoms with Crippen LogP contribution < -0.4 is 5.32 Å². The maximum Gasteiger partial charge on any atom is 0.307 e. The molecule has 3 N–H and O–H groups in total. The fraction of sp³-hybridized carbons (Fsp3) is 0.438. The van der Waals surface area contributed by atoms with E-state index in [4.69, 9.17) is 10.2 Å². The maximum absolute atomic E-state index is 13.3. The van der Waals surface area contributed by atoms with Crippen LogP contribution in [0.1, 0.15) is 31.9 Å². The summed E-state index contributed by atoms with van der Waals surface area (Å²) in [6, 6.07) is 4.39. The number of carboxylic acids is 2. The molecule has 0 aliphatic heterocycles. The van der Waals surface area contributed by atoms with Crippen LogP contribution >= 0.6 is 0 Å². The SMILES string of the molecule is CC1(C)[C@H](C(=O)O)[C@@H]1C(=O)N[C@@H](CC(=O)O)c1cccc(F)c1. The molecule has 1 aromatic rings. The minimum Gasteiger partial charge on any atom is -0.481 e. The third-order valence-corrected chi connectivity index (χ3v) is 4.32. The molecule has 1 aliphatic rings. The fourth-order valence-corrected chi connectivity index (χ4v) is 3.00. The lowest BCUT2D eigenvalue weighted by Crippen LogP contribution is -2.33. The molecule has 1 aliphatic carbocycles. The van der Waals surface area contributed by atoms with Crippen LogP contribution in [0.5, 0.6) is 0 Å². The van der Waals surface area contributed by atoms with E-state index in [0.717, 1.165) is 6.07 Å². The van der Waals surface area contributed by atoms with Crippen LogP contribution in [0.25, 0.3) is 0 Å². The molecule has 2 rings (SSSR count). The van der Waals surface area contributed by atoms with Crippen LogP contribution in [-0.4, -0.2) is 28.1 Å². The van der Waals surface area contributed by atoms with E-state index in [1.54, 1.807) is 13.8 Å². The molecule has 0 radical (unpaired) electrons. The van der Waals surface area contributed by atoms with Crippen LogP contribution in [0, 0.1) is 23.1 Å². The number of benzene rings is 1. The lowest BCUT2D eigenvalue weighted by atomic mass is 10.0. The van der Waals surface area contributed by atoms with Crippen molar-refractivity contribution in [3.05, 3.63) is 35.6 Å². The van der Waals surface area contributed by atoms with Crippen LogP contribution in [0.15, 0.2) is 24.3 Å². The van der Waals surface area contributed by atoms with E-state index in [1.165, 1.54) is 18.2 Å². The predicted octanol–water partition coefficient (Wildman–Crippen LogP) is 1.81. The maximum atomic E-state index is 13.3. The van der Waals surface area contributed by atoms with Crippen molar-refractivity contribution in [2.45, 2.75) is 26.3 Å². The van der Waals surface area contributed by atoms with Crippen LogP contribution in [-0.2, 0) is 14.4 Å². The first-order chi connectivity index (χ1) is 10.6. The average Bonchev–Trinajstić information content (AvgIpc) is 3.00. The summed E-state index contributed by atoms with van der Waals surface area (Å²) in [7, 11) is 0. The Morgan fingerprint density at radius 2 is 1.91 bits per heavy atom. The summed E-state index contributed by atoms with van der Waals surface area (Å²) < 4.78 is 13.3. The lowest BCUT2D eigenvalue weighted by Gasteiger charge is -2.18. The molecule has 1 saturated carbocycles. The highest BCUT2D eigenvalue weighted by Gasteiger charge is 2.66. The lowest BCUT2D eigenvalue weighted by molar-refractivity contribution is -0.141. The molecule has 6 nitrogen and oxygen atoms in total. The van der Waals surface area contributed by atoms with E-state index in [-0.39, 0.29) is 0 Å². The summed E-state index contributed by atoms with van der Waals surface area (Å²) in [5.74, 6) is -4.81. The van der Waals surface area contributed by atoms with Crippen molar-refractivity contribution >= 4 is 17.8 Å². The summed E-state index contributed by atoms with van der Waals surface area (Å²) in [5, 5.41) is 20.6. The Morgan fingerprint density at radius 1 is 1.26 bits per heavy atom. The van der Waals surface area contributed by atoms with Crippen LogP contribution in [0.3, 0.4) is 0 Å². The Hall–Kier alpha value is -2.44. The number of aliphatic carboxylic acids is 2. The number of hydrogen-bond donors (Lipinski definition) is 3. The molecule has 0 saturated heterocycles. The van der Waals surface area contributed by atoms with Crippen LogP contribution in [0.2, 0.25) is 0 Å². The predicted molar refractivity (Wildman–Crippen MR) is 77.9 cm³/mol. The normalized spacial score (nSPS) is 22.9. The van der Waals surface area contributed by atoms with Gasteiger partial charge in [0.15, 0.2) is 0 Å². The van der Waals surface area contributed by atoms with Crippen molar-refractivity contribution in [2.75, 3.05) is 0 Å². The first kappa shape index (κ1) is 16.9. The van der Waals surface area contributed by atoms with E-state index >= 15 is 0 Å². The highest BCUT2D eigenvalue weighted by Crippen LogP contribution is 2.58. The molecule has 0 spiro atoms. The van der Waals surface area contributed by atoms with Crippen molar-refractivity contribution < 1.29 is 29.0 Å². The molecular weight excluding hydrogens is 305 g/mol. The molecule has 1 aromatic carbocycles. The van der Waals surface area contributed by atoms with E-state index in [2.05, 4.69) is 5.32 Å². The minimum absolute atomic E-state index is 0.325. The molecule has 23 heavy (non-hydrogen) atoms. The largest absolute Gasteiger partial charge is 0.481 e. The minimum atomic E-state index is -1.15. The highest BCUT2D eigenvalue weighted by molar-refractivity contribution is 5.92. The number of amides is 1. The van der Waals surface area contributed by atoms with Gasteiger partial charge in [-0.05, 0) is 23.1 Å². The number of nitrogens with one attached hydrogen (secondary N) is 1. The van der Waals surface area contributed by atoms with Gasteiger partial charge in [-0.2, -0.15) is 0 Å². The number of hydrogen-bond acceptors (Lipinski definition) is 3. The van der Waals surface area contributed by atoms with Gasteiger partial charge in [0.05, 0.1) is 24.3 Å². The fourth-order valence-electron chi connectivity index (χ4n) is 3.00. The molecule has 7 heteroatoms. The number of carbonyl (C=O) groups is 3. The van der Waals surface area contributed by atoms with Gasteiger partial charge >= 0.3 is 11.9 Å². The third-order valence-electron chi connectivity index (χ3n) is 4.32. The molecule has 0 unspecified atom stereocenters. The van der Waals surface area contributed by atoms with Gasteiger partial charge in [0.25, 0.3) is 0 Å². The summed E-state index contributed by atoms with van der Waals surface area (Å²) in [4.78, 5) is 34.5. The summed E-state index contributed by atoms with van der Waals surface area (Å²) in [5.41, 5.74) is -0.364. The Morgan fingerprint density at radius 3 is 2.39 bits per heavy atom. The van der Waals surface area contributed by atoms with Crippen LogP contribution in [0.4, 0.5) is 4.39 Å². The van der Waals surface area contributed by atoms with Gasteiger partial charge < -0.3 is 15.5 Å². The number of carbonyl (C=O) groups excluding carboxylic acids is 1. The molecule has 1 fully saturated rings. The molecule has 1 amide bonds. The monoisotopic (exact) mass is 323 g/mol. The molecule has 0 heterocycles. The Kier molecular flexibility index (Phi) is 4.40. The van der Waals surface area contributed by atoms with Gasteiger partial charge in [0, 0.05) is 0 Å². The van der Waals surface area contributed by atoms with Crippen molar-refractivity contribution in [2.24, 2.45) is 17.3 Å². The quantitative estimate of drug-likeness (QED) is 0.741. The van der Waals surface area contributed by atoms with Crippen molar-refractivity contribution in [3.63, 3.8) is 0 Å². The Labute approximate surface area is 132 Å². The van der Waals surface area contributed by atoms with Gasteiger partial charge in [-0.25, -0.2) is 4.39 Å².